The summed E-state index contributed by atoms with van der Waals surface area (Å²) in [5.74, 6) is 1.21. The topological polar surface area (TPSA) is 0 Å². The first-order valence-electron chi connectivity index (χ1n) is 4.66. The van der Waals surface area contributed by atoms with Crippen LogP contribution in [0.25, 0.3) is 0 Å². The first-order valence-corrected chi connectivity index (χ1v) is 5.65. The van der Waals surface area contributed by atoms with E-state index >= 15 is 0 Å². The van der Waals surface area contributed by atoms with Crippen LogP contribution in [0.3, 0.4) is 0 Å². The lowest BCUT2D eigenvalue weighted by Crippen LogP contribution is -1.74. The van der Waals surface area contributed by atoms with Crippen molar-refractivity contribution in [1.29, 1.82) is 0 Å². The molecule has 0 saturated heterocycles. The van der Waals surface area contributed by atoms with Crippen molar-refractivity contribution >= 4 is 11.8 Å². The van der Waals surface area contributed by atoms with Crippen LogP contribution in [0.5, 0.6) is 0 Å². The van der Waals surface area contributed by atoms with Gasteiger partial charge < -0.3 is 0 Å². The van der Waals surface area contributed by atoms with Gasteiger partial charge in [0, 0.05) is 0 Å². The van der Waals surface area contributed by atoms with Crippen LogP contribution < -0.4 is 0 Å². The van der Waals surface area contributed by atoms with E-state index in [0.29, 0.717) is 0 Å². The summed E-state index contributed by atoms with van der Waals surface area (Å²) in [5.41, 5.74) is 0. The maximum Gasteiger partial charge on any atom is -0.00518 e. The number of allylic oxidation sites excluding steroid dienone is 2. The van der Waals surface area contributed by atoms with Crippen molar-refractivity contribution in [3.05, 3.63) is 11.0 Å². The van der Waals surface area contributed by atoms with Crippen LogP contribution in [0.2, 0.25) is 0 Å². The fourth-order valence-electron chi connectivity index (χ4n) is 0.718. The molecule has 0 aliphatic heterocycles. The highest BCUT2D eigenvalue weighted by molar-refractivity contribution is 8.03. The molecule has 0 aliphatic rings. The molecule has 0 saturated carbocycles. The van der Waals surface area contributed by atoms with Crippen molar-refractivity contribution in [2.75, 3.05) is 5.75 Å². The van der Waals surface area contributed by atoms with E-state index in [1.165, 1.54) is 18.6 Å². The van der Waals surface area contributed by atoms with Crippen LogP contribution >= 0.6 is 11.8 Å². The van der Waals surface area contributed by atoms with Crippen LogP contribution in [-0.2, 0) is 0 Å². The molecule has 0 spiro atoms. The van der Waals surface area contributed by atoms with Crippen molar-refractivity contribution in [1.82, 2.24) is 0 Å². The highest BCUT2D eigenvalue weighted by Crippen LogP contribution is 2.18. The van der Waals surface area contributed by atoms with Crippen LogP contribution in [0.4, 0.5) is 0 Å². The molecule has 0 heterocycles. The lowest BCUT2D eigenvalue weighted by Gasteiger charge is -1.98. The number of thioether (sulfide) groups is 1. The fraction of sp³-hybridized carbons (Fsp3) is 0.800. The van der Waals surface area contributed by atoms with Crippen molar-refractivity contribution in [3.63, 3.8) is 0 Å². The summed E-state index contributed by atoms with van der Waals surface area (Å²) < 4.78 is 0. The largest absolute Gasteiger partial charge is 0.131 e. The van der Waals surface area contributed by atoms with Gasteiger partial charge in [0.15, 0.2) is 0 Å². The van der Waals surface area contributed by atoms with Gasteiger partial charge in [-0.2, -0.15) is 0 Å². The van der Waals surface area contributed by atoms with Gasteiger partial charge in [-0.25, -0.2) is 0 Å². The molecular formula is C10H22S. The predicted octanol–water partition coefficient (Wildman–Crippen LogP) is 4.47. The first-order chi connectivity index (χ1) is 5.35. The zero-order chi connectivity index (χ0) is 9.11. The summed E-state index contributed by atoms with van der Waals surface area (Å²) in [4.78, 5) is 1.54. The normalized spacial score (nSPS) is 10.5. The number of hydrogen-bond acceptors (Lipinski definition) is 1. The van der Waals surface area contributed by atoms with E-state index in [1.807, 2.05) is 25.6 Å². The van der Waals surface area contributed by atoms with E-state index in [-0.39, 0.29) is 0 Å². The maximum atomic E-state index is 2.31. The third-order valence-corrected chi connectivity index (χ3v) is 2.22. The standard InChI is InChI=1S/C8H16S.C2H6/c1-4-7-8(5-2)9-6-3;1-2/h7H,4-6H2,1-3H3;1-2H3/b8-7-;. The molecule has 0 atom stereocenters. The van der Waals surface area contributed by atoms with Gasteiger partial charge in [-0.15, -0.1) is 11.8 Å². The summed E-state index contributed by atoms with van der Waals surface area (Å²) in [5, 5.41) is 0. The van der Waals surface area contributed by atoms with Gasteiger partial charge in [-0.05, 0) is 23.5 Å². The molecule has 0 aromatic carbocycles. The molecule has 0 aromatic heterocycles. The second-order valence-corrected chi connectivity index (χ2v) is 3.26. The lowest BCUT2D eigenvalue weighted by molar-refractivity contribution is 1.14. The zero-order valence-corrected chi connectivity index (χ0v) is 9.42. The van der Waals surface area contributed by atoms with Crippen molar-refractivity contribution in [2.24, 2.45) is 0 Å². The molecule has 0 unspecified atom stereocenters. The fourth-order valence-corrected chi connectivity index (χ4v) is 1.58. The molecule has 11 heavy (non-hydrogen) atoms. The number of rotatable bonds is 4. The highest BCUT2D eigenvalue weighted by atomic mass is 32.2. The molecule has 0 N–H and O–H groups in total. The number of hydrogen-bond donors (Lipinski definition) is 0. The molecule has 0 radical (unpaired) electrons. The van der Waals surface area contributed by atoms with Gasteiger partial charge in [-0.1, -0.05) is 40.7 Å². The van der Waals surface area contributed by atoms with E-state index in [9.17, 15) is 0 Å². The second kappa shape index (κ2) is 12.7. The average Bonchev–Trinajstić information content (AvgIpc) is 2.08. The minimum Gasteiger partial charge on any atom is -0.131 e. The van der Waals surface area contributed by atoms with E-state index in [4.69, 9.17) is 0 Å². The zero-order valence-electron chi connectivity index (χ0n) is 8.61. The Morgan fingerprint density at radius 2 is 1.73 bits per heavy atom. The quantitative estimate of drug-likeness (QED) is 0.606. The minimum absolute atomic E-state index is 1.18. The smallest absolute Gasteiger partial charge is 0.00518 e. The summed E-state index contributed by atoms with van der Waals surface area (Å²) in [6.07, 6.45) is 4.69. The highest BCUT2D eigenvalue weighted by Gasteiger charge is 1.89. The Bertz CT molecular complexity index is 84.9. The maximum absolute atomic E-state index is 2.31. The predicted molar refractivity (Wildman–Crippen MR) is 58.1 cm³/mol. The molecule has 0 aromatic rings. The van der Waals surface area contributed by atoms with Crippen LogP contribution in [0.1, 0.15) is 47.5 Å². The molecule has 0 rings (SSSR count). The van der Waals surface area contributed by atoms with Gasteiger partial charge in [-0.3, -0.25) is 0 Å². The Hall–Kier alpha value is 0.0900. The van der Waals surface area contributed by atoms with Gasteiger partial charge in [0.05, 0.1) is 0 Å². The molecular weight excluding hydrogens is 152 g/mol. The van der Waals surface area contributed by atoms with Crippen molar-refractivity contribution in [3.8, 4) is 0 Å². The van der Waals surface area contributed by atoms with Gasteiger partial charge in [0.2, 0.25) is 0 Å². The molecule has 0 amide bonds. The van der Waals surface area contributed by atoms with Gasteiger partial charge in [0.25, 0.3) is 0 Å². The van der Waals surface area contributed by atoms with Crippen LogP contribution in [0.15, 0.2) is 11.0 Å². The van der Waals surface area contributed by atoms with E-state index < -0.39 is 0 Å². The second-order valence-electron chi connectivity index (χ2n) is 1.87. The van der Waals surface area contributed by atoms with Crippen LogP contribution in [-0.4, -0.2) is 5.75 Å². The van der Waals surface area contributed by atoms with Crippen LogP contribution in [0, 0.1) is 0 Å². The third-order valence-electron chi connectivity index (χ3n) is 1.11. The monoisotopic (exact) mass is 174 g/mol. The Labute approximate surface area is 76.5 Å². The van der Waals surface area contributed by atoms with E-state index in [1.54, 1.807) is 4.91 Å². The Balaban J connectivity index is 0. The van der Waals surface area contributed by atoms with Gasteiger partial charge >= 0.3 is 0 Å². The van der Waals surface area contributed by atoms with Crippen molar-refractivity contribution < 1.29 is 0 Å². The van der Waals surface area contributed by atoms with E-state index in [2.05, 4.69) is 26.8 Å². The first kappa shape index (κ1) is 13.7. The molecule has 1 heteroatoms. The summed E-state index contributed by atoms with van der Waals surface area (Å²) in [7, 11) is 0. The third kappa shape index (κ3) is 10.1. The Kier molecular flexibility index (Phi) is 15.8. The molecule has 0 bridgehead atoms. The Morgan fingerprint density at radius 3 is 2.00 bits per heavy atom. The molecule has 68 valence electrons. The molecule has 0 fully saturated rings. The lowest BCUT2D eigenvalue weighted by atomic mass is 10.3. The summed E-state index contributed by atoms with van der Waals surface area (Å²) in [6, 6.07) is 0. The van der Waals surface area contributed by atoms with Gasteiger partial charge in [0.1, 0.15) is 0 Å². The Morgan fingerprint density at radius 1 is 1.18 bits per heavy atom. The van der Waals surface area contributed by atoms with E-state index in [0.717, 1.165) is 0 Å². The SMILES string of the molecule is CC.CC/C=C(/CC)SCC. The summed E-state index contributed by atoms with van der Waals surface area (Å²) in [6.45, 7) is 10.6. The summed E-state index contributed by atoms with van der Waals surface area (Å²) >= 11 is 1.96. The minimum atomic E-state index is 1.18. The molecule has 0 nitrogen and oxygen atoms in total. The average molecular weight is 174 g/mol. The van der Waals surface area contributed by atoms with Crippen molar-refractivity contribution in [2.45, 2.75) is 47.5 Å². The molecule has 0 aliphatic carbocycles.